The van der Waals surface area contributed by atoms with E-state index in [1.807, 2.05) is 7.05 Å². The third-order valence-corrected chi connectivity index (χ3v) is 5.19. The second-order valence-electron chi connectivity index (χ2n) is 6.52. The summed E-state index contributed by atoms with van der Waals surface area (Å²) in [6.07, 6.45) is 4.86. The van der Waals surface area contributed by atoms with Gasteiger partial charge in [-0.05, 0) is 49.3 Å². The summed E-state index contributed by atoms with van der Waals surface area (Å²) in [7, 11) is 3.55. The molecule has 0 atom stereocenters. The Bertz CT molecular complexity index is 583. The van der Waals surface area contributed by atoms with Crippen LogP contribution in [0.15, 0.2) is 33.7 Å². The molecule has 2 N–H and O–H groups in total. The van der Waals surface area contributed by atoms with Gasteiger partial charge in [-0.1, -0.05) is 28.1 Å². The summed E-state index contributed by atoms with van der Waals surface area (Å²) < 4.78 is 1.13. The molecule has 1 fully saturated rings. The quantitative estimate of drug-likeness (QED) is 0.432. The van der Waals surface area contributed by atoms with Crippen LogP contribution < -0.4 is 10.6 Å². The lowest BCUT2D eigenvalue weighted by molar-refractivity contribution is -0.121. The standard InChI is InChI=1S/C19H29BrN4O/c1-21-18(25)14-16-8-11-24(12-9-16)19(22-2)23-10-4-6-15-5-3-7-17(20)13-15/h3,5,7,13,16H,4,6,8-12,14H2,1-2H3,(H,21,25)(H,22,23). The molecule has 2 rings (SSSR count). The molecule has 1 aromatic rings. The smallest absolute Gasteiger partial charge is 0.220 e. The molecule has 0 radical (unpaired) electrons. The number of carbonyl (C=O) groups excluding carboxylic acids is 1. The predicted molar refractivity (Wildman–Crippen MR) is 107 cm³/mol. The Labute approximate surface area is 159 Å². The molecule has 1 aliphatic heterocycles. The third kappa shape index (κ3) is 6.69. The summed E-state index contributed by atoms with van der Waals surface area (Å²) in [5, 5.41) is 6.19. The molecule has 25 heavy (non-hydrogen) atoms. The largest absolute Gasteiger partial charge is 0.359 e. The molecule has 0 aromatic heterocycles. The van der Waals surface area contributed by atoms with Crippen molar-refractivity contribution < 1.29 is 4.79 Å². The van der Waals surface area contributed by atoms with Gasteiger partial charge in [-0.2, -0.15) is 0 Å². The van der Waals surface area contributed by atoms with Crippen LogP contribution in [0.25, 0.3) is 0 Å². The number of carbonyl (C=O) groups is 1. The van der Waals surface area contributed by atoms with Gasteiger partial charge in [0.2, 0.25) is 5.91 Å². The van der Waals surface area contributed by atoms with Crippen molar-refractivity contribution in [3.63, 3.8) is 0 Å². The highest BCUT2D eigenvalue weighted by Crippen LogP contribution is 2.20. The molecule has 0 aliphatic carbocycles. The number of hydrogen-bond acceptors (Lipinski definition) is 2. The molecule has 1 aliphatic rings. The van der Waals surface area contributed by atoms with E-state index in [0.717, 1.165) is 55.7 Å². The maximum atomic E-state index is 11.5. The highest BCUT2D eigenvalue weighted by Gasteiger charge is 2.22. The first-order chi connectivity index (χ1) is 12.1. The van der Waals surface area contributed by atoms with Crippen LogP contribution >= 0.6 is 15.9 Å². The first-order valence-corrected chi connectivity index (χ1v) is 9.82. The van der Waals surface area contributed by atoms with E-state index in [-0.39, 0.29) is 5.91 Å². The number of benzene rings is 1. The zero-order valence-corrected chi connectivity index (χ0v) is 16.8. The molecule has 138 valence electrons. The van der Waals surface area contributed by atoms with Crippen LogP contribution in [0.4, 0.5) is 0 Å². The summed E-state index contributed by atoms with van der Waals surface area (Å²) in [5.41, 5.74) is 1.35. The second kappa shape index (κ2) is 10.4. The molecule has 1 heterocycles. The minimum Gasteiger partial charge on any atom is -0.359 e. The lowest BCUT2D eigenvalue weighted by Gasteiger charge is -2.34. The van der Waals surface area contributed by atoms with Crippen molar-refractivity contribution in [2.75, 3.05) is 33.7 Å². The van der Waals surface area contributed by atoms with Crippen LogP contribution in [0.2, 0.25) is 0 Å². The SMILES string of the molecule is CN=C(NCCCc1cccc(Br)c1)N1CCC(CC(=O)NC)CC1. The fourth-order valence-corrected chi connectivity index (χ4v) is 3.68. The zero-order chi connectivity index (χ0) is 18.1. The van der Waals surface area contributed by atoms with Crippen molar-refractivity contribution in [1.29, 1.82) is 0 Å². The van der Waals surface area contributed by atoms with Crippen LogP contribution in [-0.2, 0) is 11.2 Å². The van der Waals surface area contributed by atoms with Crippen molar-refractivity contribution in [3.8, 4) is 0 Å². The van der Waals surface area contributed by atoms with E-state index in [2.05, 4.69) is 60.7 Å². The van der Waals surface area contributed by atoms with Crippen molar-refractivity contribution in [2.24, 2.45) is 10.9 Å². The number of aryl methyl sites for hydroxylation is 1. The molecule has 1 saturated heterocycles. The highest BCUT2D eigenvalue weighted by molar-refractivity contribution is 9.10. The molecule has 0 spiro atoms. The van der Waals surface area contributed by atoms with Gasteiger partial charge >= 0.3 is 0 Å². The van der Waals surface area contributed by atoms with Gasteiger partial charge in [0.15, 0.2) is 5.96 Å². The van der Waals surface area contributed by atoms with Crippen LogP contribution in [-0.4, -0.2) is 50.5 Å². The zero-order valence-electron chi connectivity index (χ0n) is 15.2. The fourth-order valence-electron chi connectivity index (χ4n) is 3.23. The van der Waals surface area contributed by atoms with E-state index in [4.69, 9.17) is 0 Å². The predicted octanol–water partition coefficient (Wildman–Crippen LogP) is 2.81. The maximum Gasteiger partial charge on any atom is 0.220 e. The second-order valence-corrected chi connectivity index (χ2v) is 7.43. The summed E-state index contributed by atoms with van der Waals surface area (Å²) in [6.45, 7) is 2.84. The molecular weight excluding hydrogens is 380 g/mol. The maximum absolute atomic E-state index is 11.5. The van der Waals surface area contributed by atoms with Gasteiger partial charge in [-0.25, -0.2) is 0 Å². The number of halogens is 1. The van der Waals surface area contributed by atoms with Gasteiger partial charge < -0.3 is 15.5 Å². The Hall–Kier alpha value is -1.56. The van der Waals surface area contributed by atoms with Gasteiger partial charge in [0.05, 0.1) is 0 Å². The minimum atomic E-state index is 0.147. The van der Waals surface area contributed by atoms with Gasteiger partial charge in [-0.3, -0.25) is 9.79 Å². The average Bonchev–Trinajstić information content (AvgIpc) is 2.63. The topological polar surface area (TPSA) is 56.7 Å². The summed E-state index contributed by atoms with van der Waals surface area (Å²) >= 11 is 3.52. The molecule has 0 unspecified atom stereocenters. The lowest BCUT2D eigenvalue weighted by Crippen LogP contribution is -2.46. The number of nitrogens with one attached hydrogen (secondary N) is 2. The number of rotatable bonds is 6. The van der Waals surface area contributed by atoms with Gasteiger partial charge in [-0.15, -0.1) is 0 Å². The fraction of sp³-hybridized carbons (Fsp3) is 0.579. The van der Waals surface area contributed by atoms with Crippen molar-refractivity contribution >= 4 is 27.8 Å². The number of amides is 1. The number of hydrogen-bond donors (Lipinski definition) is 2. The van der Waals surface area contributed by atoms with E-state index in [1.54, 1.807) is 7.05 Å². The Kier molecular flexibility index (Phi) is 8.25. The van der Waals surface area contributed by atoms with E-state index in [0.29, 0.717) is 12.3 Å². The number of likely N-dealkylation sites (tertiary alicyclic amines) is 1. The first kappa shape index (κ1) is 19.8. The van der Waals surface area contributed by atoms with Crippen LogP contribution in [0.5, 0.6) is 0 Å². The number of piperidine rings is 1. The highest BCUT2D eigenvalue weighted by atomic mass is 79.9. The third-order valence-electron chi connectivity index (χ3n) is 4.69. The number of aliphatic imine (C=N–C) groups is 1. The first-order valence-electron chi connectivity index (χ1n) is 9.03. The average molecular weight is 409 g/mol. The van der Waals surface area contributed by atoms with Gasteiger partial charge in [0.25, 0.3) is 0 Å². The molecule has 0 saturated carbocycles. The van der Waals surface area contributed by atoms with Crippen molar-refractivity contribution in [2.45, 2.75) is 32.1 Å². The van der Waals surface area contributed by atoms with Crippen LogP contribution in [0.3, 0.4) is 0 Å². The Morgan fingerprint density at radius 2 is 2.12 bits per heavy atom. The van der Waals surface area contributed by atoms with Crippen LogP contribution in [0, 0.1) is 5.92 Å². The Balaban J connectivity index is 1.69. The van der Waals surface area contributed by atoms with E-state index in [1.165, 1.54) is 5.56 Å². The molecule has 1 amide bonds. The number of nitrogens with zero attached hydrogens (tertiary/aromatic N) is 2. The summed E-state index contributed by atoms with van der Waals surface area (Å²) in [6, 6.07) is 8.47. The lowest BCUT2D eigenvalue weighted by atomic mass is 9.93. The van der Waals surface area contributed by atoms with Crippen molar-refractivity contribution in [3.05, 3.63) is 34.3 Å². The van der Waals surface area contributed by atoms with E-state index >= 15 is 0 Å². The summed E-state index contributed by atoms with van der Waals surface area (Å²) in [5.74, 6) is 1.62. The minimum absolute atomic E-state index is 0.147. The van der Waals surface area contributed by atoms with E-state index in [9.17, 15) is 4.79 Å². The van der Waals surface area contributed by atoms with Gasteiger partial charge in [0, 0.05) is 44.6 Å². The monoisotopic (exact) mass is 408 g/mol. The normalized spacial score (nSPS) is 16.0. The van der Waals surface area contributed by atoms with Crippen molar-refractivity contribution in [1.82, 2.24) is 15.5 Å². The Morgan fingerprint density at radius 1 is 1.36 bits per heavy atom. The molecular formula is C19H29BrN4O. The van der Waals surface area contributed by atoms with E-state index < -0.39 is 0 Å². The molecule has 0 bridgehead atoms. The summed E-state index contributed by atoms with van der Waals surface area (Å²) in [4.78, 5) is 18.2. The Morgan fingerprint density at radius 3 is 2.76 bits per heavy atom. The van der Waals surface area contributed by atoms with Crippen LogP contribution in [0.1, 0.15) is 31.2 Å². The molecule has 6 heteroatoms. The van der Waals surface area contributed by atoms with Gasteiger partial charge in [0.1, 0.15) is 0 Å². The number of guanidine groups is 1. The molecule has 1 aromatic carbocycles. The molecule has 5 nitrogen and oxygen atoms in total.